The van der Waals surface area contributed by atoms with E-state index < -0.39 is 12.0 Å². The molecule has 1 aromatic heterocycles. The monoisotopic (exact) mass is 324 g/mol. The molecule has 0 saturated heterocycles. The maximum Gasteiger partial charge on any atom is 0.339 e. The van der Waals surface area contributed by atoms with Gasteiger partial charge in [0, 0.05) is 6.54 Å². The average molecular weight is 325 g/mol. The molecule has 2 rings (SSSR count). The van der Waals surface area contributed by atoms with E-state index in [4.69, 9.17) is 16.7 Å². The Bertz CT molecular complexity index is 685. The third-order valence-electron chi connectivity index (χ3n) is 2.88. The molecule has 0 fully saturated rings. The molecule has 0 aliphatic rings. The normalized spacial score (nSPS) is 10.2. The average Bonchev–Trinajstić information content (AvgIpc) is 2.81. The summed E-state index contributed by atoms with van der Waals surface area (Å²) in [6, 6.07) is 4.05. The number of anilines is 1. The Kier molecular flexibility index (Phi) is 4.82. The van der Waals surface area contributed by atoms with Gasteiger partial charge in [-0.1, -0.05) is 17.7 Å². The van der Waals surface area contributed by atoms with E-state index in [-0.39, 0.29) is 16.3 Å². The van der Waals surface area contributed by atoms with Crippen LogP contribution in [0.5, 0.6) is 0 Å². The van der Waals surface area contributed by atoms with E-state index in [1.165, 1.54) is 12.1 Å². The van der Waals surface area contributed by atoms with Gasteiger partial charge in [-0.25, -0.2) is 9.59 Å². The Hall–Kier alpha value is -2.05. The van der Waals surface area contributed by atoms with E-state index in [9.17, 15) is 9.59 Å². The van der Waals surface area contributed by atoms with Crippen molar-refractivity contribution < 1.29 is 14.7 Å². The molecular weight excluding hydrogens is 312 g/mol. The van der Waals surface area contributed by atoms with E-state index in [2.05, 4.69) is 10.6 Å². The molecular formula is C14H13ClN2O3S. The highest BCUT2D eigenvalue weighted by Gasteiger charge is 2.16. The maximum atomic E-state index is 11.9. The van der Waals surface area contributed by atoms with Crippen LogP contribution in [0.2, 0.25) is 5.02 Å². The summed E-state index contributed by atoms with van der Waals surface area (Å²) >= 11 is 7.40. The van der Waals surface area contributed by atoms with E-state index >= 15 is 0 Å². The van der Waals surface area contributed by atoms with Gasteiger partial charge >= 0.3 is 12.0 Å². The molecule has 0 saturated carbocycles. The first-order valence-corrected chi connectivity index (χ1v) is 7.39. The van der Waals surface area contributed by atoms with Gasteiger partial charge < -0.3 is 15.7 Å². The highest BCUT2D eigenvalue weighted by Crippen LogP contribution is 2.24. The van der Waals surface area contributed by atoms with Gasteiger partial charge in [0.05, 0.1) is 10.7 Å². The lowest BCUT2D eigenvalue weighted by atomic mass is 10.2. The number of amides is 2. The van der Waals surface area contributed by atoms with E-state index in [0.717, 1.165) is 11.1 Å². The van der Waals surface area contributed by atoms with Crippen molar-refractivity contribution in [1.82, 2.24) is 5.32 Å². The van der Waals surface area contributed by atoms with Crippen LogP contribution >= 0.6 is 22.9 Å². The topological polar surface area (TPSA) is 78.4 Å². The molecule has 5 nitrogen and oxygen atoms in total. The molecule has 3 N–H and O–H groups in total. The summed E-state index contributed by atoms with van der Waals surface area (Å²) < 4.78 is 0. The minimum atomic E-state index is -1.19. The highest BCUT2D eigenvalue weighted by atomic mass is 35.5. The number of rotatable bonds is 4. The third kappa shape index (κ3) is 3.74. The Morgan fingerprint density at radius 2 is 2.10 bits per heavy atom. The fourth-order valence-corrected chi connectivity index (χ4v) is 2.87. The summed E-state index contributed by atoms with van der Waals surface area (Å²) in [5.74, 6) is -1.19. The zero-order chi connectivity index (χ0) is 15.4. The smallest absolute Gasteiger partial charge is 0.339 e. The number of nitrogens with one attached hydrogen (secondary N) is 2. The number of halogens is 1. The van der Waals surface area contributed by atoms with Gasteiger partial charge in [-0.05, 0) is 40.9 Å². The van der Waals surface area contributed by atoms with Gasteiger partial charge in [-0.15, -0.1) is 0 Å². The first kappa shape index (κ1) is 15.3. The fraction of sp³-hybridized carbons (Fsp3) is 0.143. The molecule has 110 valence electrons. The van der Waals surface area contributed by atoms with Crippen LogP contribution < -0.4 is 10.6 Å². The lowest BCUT2D eigenvalue weighted by Crippen LogP contribution is -2.29. The van der Waals surface area contributed by atoms with Gasteiger partial charge in [-0.2, -0.15) is 11.3 Å². The molecule has 0 unspecified atom stereocenters. The molecule has 1 heterocycles. The molecule has 0 aliphatic carbocycles. The SMILES string of the molecule is Cc1cscc1CNC(=O)Nc1cccc(Cl)c1C(=O)O. The van der Waals surface area contributed by atoms with Crippen molar-refractivity contribution in [3.05, 3.63) is 50.7 Å². The van der Waals surface area contributed by atoms with Crippen LogP contribution in [0.4, 0.5) is 10.5 Å². The summed E-state index contributed by atoms with van der Waals surface area (Å²) in [5.41, 5.74) is 2.17. The number of carboxylic acid groups (broad SMARTS) is 1. The number of aromatic carboxylic acids is 1. The number of thiophene rings is 1. The summed E-state index contributed by atoms with van der Waals surface area (Å²) in [6.07, 6.45) is 0. The van der Waals surface area contributed by atoms with Gasteiger partial charge in [0.25, 0.3) is 0 Å². The maximum absolute atomic E-state index is 11.9. The van der Waals surface area contributed by atoms with Gasteiger partial charge in [0.1, 0.15) is 5.56 Å². The van der Waals surface area contributed by atoms with Crippen LogP contribution in [0.1, 0.15) is 21.5 Å². The number of carboxylic acids is 1. The highest BCUT2D eigenvalue weighted by molar-refractivity contribution is 7.08. The van der Waals surface area contributed by atoms with Crippen molar-refractivity contribution in [2.45, 2.75) is 13.5 Å². The Morgan fingerprint density at radius 3 is 2.71 bits per heavy atom. The van der Waals surface area contributed by atoms with Gasteiger partial charge in [0.2, 0.25) is 0 Å². The van der Waals surface area contributed by atoms with Crippen LogP contribution in [0.25, 0.3) is 0 Å². The number of benzene rings is 1. The summed E-state index contributed by atoms with van der Waals surface area (Å²) in [5, 5.41) is 18.3. The largest absolute Gasteiger partial charge is 0.478 e. The molecule has 0 spiro atoms. The van der Waals surface area contributed by atoms with Crippen LogP contribution in [0.15, 0.2) is 29.0 Å². The van der Waals surface area contributed by atoms with Crippen molar-refractivity contribution in [3.63, 3.8) is 0 Å². The summed E-state index contributed by atoms with van der Waals surface area (Å²) in [7, 11) is 0. The van der Waals surface area contributed by atoms with Crippen molar-refractivity contribution in [2.24, 2.45) is 0 Å². The Labute approximate surface area is 130 Å². The second-order valence-corrected chi connectivity index (χ2v) is 5.51. The zero-order valence-electron chi connectivity index (χ0n) is 11.1. The molecule has 0 atom stereocenters. The first-order valence-electron chi connectivity index (χ1n) is 6.07. The summed E-state index contributed by atoms with van der Waals surface area (Å²) in [6.45, 7) is 2.34. The minimum absolute atomic E-state index is 0.0778. The van der Waals surface area contributed by atoms with Crippen molar-refractivity contribution >= 4 is 40.6 Å². The minimum Gasteiger partial charge on any atom is -0.478 e. The van der Waals surface area contributed by atoms with Gasteiger partial charge in [-0.3, -0.25) is 0 Å². The Morgan fingerprint density at radius 1 is 1.33 bits per heavy atom. The van der Waals surface area contributed by atoms with E-state index in [1.54, 1.807) is 17.4 Å². The van der Waals surface area contributed by atoms with Crippen LogP contribution in [0, 0.1) is 6.92 Å². The standard InChI is InChI=1S/C14H13ClN2O3S/c1-8-6-21-7-9(8)5-16-14(20)17-11-4-2-3-10(15)12(11)13(18)19/h2-4,6-7H,5H2,1H3,(H,18,19)(H2,16,17,20). The quantitative estimate of drug-likeness (QED) is 0.801. The second-order valence-electron chi connectivity index (χ2n) is 4.36. The summed E-state index contributed by atoms with van der Waals surface area (Å²) in [4.78, 5) is 23.0. The lowest BCUT2D eigenvalue weighted by Gasteiger charge is -2.10. The molecule has 21 heavy (non-hydrogen) atoms. The Balaban J connectivity index is 2.05. The predicted octanol–water partition coefficient (Wildman–Crippen LogP) is 3.73. The first-order chi connectivity index (χ1) is 9.99. The predicted molar refractivity (Wildman–Crippen MR) is 83.3 cm³/mol. The molecule has 2 aromatic rings. The van der Waals surface area contributed by atoms with E-state index in [1.807, 2.05) is 17.7 Å². The van der Waals surface area contributed by atoms with Gasteiger partial charge in [0.15, 0.2) is 0 Å². The molecule has 0 aliphatic heterocycles. The number of aryl methyl sites for hydroxylation is 1. The number of carbonyl (C=O) groups excluding carboxylic acids is 1. The third-order valence-corrected chi connectivity index (χ3v) is 4.10. The number of urea groups is 1. The zero-order valence-corrected chi connectivity index (χ0v) is 12.7. The number of hydrogen-bond acceptors (Lipinski definition) is 3. The molecule has 0 radical (unpaired) electrons. The van der Waals surface area contributed by atoms with Crippen LogP contribution in [-0.4, -0.2) is 17.1 Å². The lowest BCUT2D eigenvalue weighted by molar-refractivity contribution is 0.0698. The molecule has 1 aromatic carbocycles. The van der Waals surface area contributed by atoms with E-state index in [0.29, 0.717) is 6.54 Å². The molecule has 7 heteroatoms. The number of hydrogen-bond donors (Lipinski definition) is 3. The fourth-order valence-electron chi connectivity index (χ4n) is 1.76. The number of carbonyl (C=O) groups is 2. The molecule has 0 bridgehead atoms. The van der Waals surface area contributed by atoms with Crippen molar-refractivity contribution in [3.8, 4) is 0 Å². The second kappa shape index (κ2) is 6.60. The molecule has 2 amide bonds. The van der Waals surface area contributed by atoms with Crippen LogP contribution in [-0.2, 0) is 6.54 Å². The van der Waals surface area contributed by atoms with Crippen molar-refractivity contribution in [2.75, 3.05) is 5.32 Å². The van der Waals surface area contributed by atoms with Crippen LogP contribution in [0.3, 0.4) is 0 Å². The van der Waals surface area contributed by atoms with Crippen molar-refractivity contribution in [1.29, 1.82) is 0 Å².